The van der Waals surface area contributed by atoms with Crippen LogP contribution in [0.5, 0.6) is 5.75 Å². The van der Waals surface area contributed by atoms with Crippen LogP contribution in [0.15, 0.2) is 24.3 Å². The van der Waals surface area contributed by atoms with Crippen molar-refractivity contribution in [2.45, 2.75) is 50.5 Å². The van der Waals surface area contributed by atoms with E-state index in [4.69, 9.17) is 9.47 Å². The van der Waals surface area contributed by atoms with E-state index in [0.717, 1.165) is 69.6 Å². The number of ether oxygens (including phenoxy) is 2. The number of methoxy groups -OCH3 is 1. The van der Waals surface area contributed by atoms with Crippen LogP contribution in [0, 0.1) is 11.3 Å². The van der Waals surface area contributed by atoms with Crippen LogP contribution in [0.2, 0.25) is 0 Å². The summed E-state index contributed by atoms with van der Waals surface area (Å²) in [5, 5.41) is 9.96. The Morgan fingerprint density at radius 2 is 1.89 bits per heavy atom. The molecule has 6 heteroatoms. The molecular formula is C22H31N3O3. The van der Waals surface area contributed by atoms with Gasteiger partial charge in [-0.3, -0.25) is 4.90 Å². The van der Waals surface area contributed by atoms with Gasteiger partial charge < -0.3 is 14.4 Å². The molecule has 0 atom stereocenters. The lowest BCUT2D eigenvalue weighted by Gasteiger charge is -2.40. The van der Waals surface area contributed by atoms with Crippen molar-refractivity contribution < 1.29 is 14.3 Å². The van der Waals surface area contributed by atoms with Gasteiger partial charge in [-0.15, -0.1) is 0 Å². The maximum absolute atomic E-state index is 12.0. The molecule has 1 saturated carbocycles. The molecule has 0 N–H and O–H groups in total. The highest BCUT2D eigenvalue weighted by atomic mass is 16.6. The van der Waals surface area contributed by atoms with Gasteiger partial charge in [-0.25, -0.2) is 4.79 Å². The fourth-order valence-electron chi connectivity index (χ4n) is 4.54. The standard InChI is InChI=1S/C22H31N3O3/c1-3-28-21(26)25-14-4-13-24(15-16-25)19-9-11-22(17-23,12-10-19)18-5-7-20(27-2)8-6-18/h5-8,19H,3-4,9-16H2,1-2H3. The van der Waals surface area contributed by atoms with Crippen molar-refractivity contribution in [1.82, 2.24) is 9.80 Å². The van der Waals surface area contributed by atoms with Crippen molar-refractivity contribution in [3.8, 4) is 11.8 Å². The van der Waals surface area contributed by atoms with Gasteiger partial charge in [0.1, 0.15) is 5.75 Å². The van der Waals surface area contributed by atoms with Crippen molar-refractivity contribution in [2.75, 3.05) is 39.9 Å². The second kappa shape index (κ2) is 9.29. The van der Waals surface area contributed by atoms with Crippen molar-refractivity contribution in [2.24, 2.45) is 0 Å². The minimum absolute atomic E-state index is 0.198. The molecule has 2 aliphatic rings. The van der Waals surface area contributed by atoms with Crippen molar-refractivity contribution in [3.05, 3.63) is 29.8 Å². The molecule has 1 aromatic rings. The molecule has 0 radical (unpaired) electrons. The van der Waals surface area contributed by atoms with Crippen LogP contribution < -0.4 is 4.74 Å². The van der Waals surface area contributed by atoms with E-state index in [-0.39, 0.29) is 6.09 Å². The number of nitrogens with zero attached hydrogens (tertiary/aromatic N) is 3. The molecule has 1 aliphatic carbocycles. The van der Waals surface area contributed by atoms with Gasteiger partial charge in [0.05, 0.1) is 25.2 Å². The van der Waals surface area contributed by atoms with Crippen LogP contribution >= 0.6 is 0 Å². The second-order valence-corrected chi connectivity index (χ2v) is 7.73. The molecule has 1 aliphatic heterocycles. The Morgan fingerprint density at radius 1 is 1.18 bits per heavy atom. The van der Waals surface area contributed by atoms with Crippen molar-refractivity contribution in [3.63, 3.8) is 0 Å². The summed E-state index contributed by atoms with van der Waals surface area (Å²) in [5.74, 6) is 0.821. The van der Waals surface area contributed by atoms with E-state index in [1.54, 1.807) is 7.11 Å². The predicted octanol–water partition coefficient (Wildman–Crippen LogP) is 3.56. The largest absolute Gasteiger partial charge is 0.497 e. The van der Waals surface area contributed by atoms with Gasteiger partial charge >= 0.3 is 6.09 Å². The van der Waals surface area contributed by atoms with Gasteiger partial charge in [0.2, 0.25) is 0 Å². The van der Waals surface area contributed by atoms with Crippen LogP contribution in [-0.2, 0) is 10.2 Å². The summed E-state index contributed by atoms with van der Waals surface area (Å²) in [5.41, 5.74) is 0.699. The van der Waals surface area contributed by atoms with E-state index in [0.29, 0.717) is 12.6 Å². The number of rotatable bonds is 4. The zero-order valence-corrected chi connectivity index (χ0v) is 17.0. The van der Waals surface area contributed by atoms with E-state index in [9.17, 15) is 10.1 Å². The molecule has 1 aromatic carbocycles. The topological polar surface area (TPSA) is 65.8 Å². The molecule has 1 amide bonds. The lowest BCUT2D eigenvalue weighted by Crippen LogP contribution is -2.44. The van der Waals surface area contributed by atoms with Gasteiger partial charge in [-0.1, -0.05) is 12.1 Å². The third-order valence-corrected chi connectivity index (χ3v) is 6.24. The number of carbonyl (C=O) groups is 1. The summed E-state index contributed by atoms with van der Waals surface area (Å²) >= 11 is 0. The van der Waals surface area contributed by atoms with Crippen LogP contribution in [-0.4, -0.2) is 61.8 Å². The Kier molecular flexibility index (Phi) is 6.79. The number of amides is 1. The SMILES string of the molecule is CCOC(=O)N1CCCN(C2CCC(C#N)(c3ccc(OC)cc3)CC2)CC1. The maximum Gasteiger partial charge on any atom is 0.409 e. The van der Waals surface area contributed by atoms with Crippen LogP contribution in [0.25, 0.3) is 0 Å². The Hall–Kier alpha value is -2.26. The predicted molar refractivity (Wildman–Crippen MR) is 107 cm³/mol. The highest BCUT2D eigenvalue weighted by molar-refractivity contribution is 5.67. The number of hydrogen-bond donors (Lipinski definition) is 0. The maximum atomic E-state index is 12.0. The highest BCUT2D eigenvalue weighted by Gasteiger charge is 2.39. The van der Waals surface area contributed by atoms with Gasteiger partial charge in [0, 0.05) is 32.2 Å². The lowest BCUT2D eigenvalue weighted by molar-refractivity contribution is 0.104. The Morgan fingerprint density at radius 3 is 2.50 bits per heavy atom. The first kappa shape index (κ1) is 20.5. The van der Waals surface area contributed by atoms with Gasteiger partial charge in [-0.2, -0.15) is 5.26 Å². The molecule has 0 bridgehead atoms. The second-order valence-electron chi connectivity index (χ2n) is 7.73. The van der Waals surface area contributed by atoms with Crippen LogP contribution in [0.3, 0.4) is 0 Å². The molecule has 28 heavy (non-hydrogen) atoms. The zero-order chi connectivity index (χ0) is 20.0. The van der Waals surface area contributed by atoms with Crippen molar-refractivity contribution >= 4 is 6.09 Å². The minimum Gasteiger partial charge on any atom is -0.497 e. The molecule has 0 spiro atoms. The molecule has 6 nitrogen and oxygen atoms in total. The average molecular weight is 386 g/mol. The molecule has 2 fully saturated rings. The Balaban J connectivity index is 1.59. The first-order valence-electron chi connectivity index (χ1n) is 10.3. The average Bonchev–Trinajstić information content (AvgIpc) is 3.00. The van der Waals surface area contributed by atoms with E-state index in [1.807, 2.05) is 36.1 Å². The summed E-state index contributed by atoms with van der Waals surface area (Å²) in [4.78, 5) is 16.3. The zero-order valence-electron chi connectivity index (χ0n) is 17.0. The lowest BCUT2D eigenvalue weighted by atomic mass is 9.69. The first-order chi connectivity index (χ1) is 13.6. The van der Waals surface area contributed by atoms with Crippen molar-refractivity contribution in [1.29, 1.82) is 5.26 Å². The molecule has 1 saturated heterocycles. The van der Waals surface area contributed by atoms with Gasteiger partial charge in [0.25, 0.3) is 0 Å². The smallest absolute Gasteiger partial charge is 0.409 e. The van der Waals surface area contributed by atoms with Crippen LogP contribution in [0.4, 0.5) is 4.79 Å². The molecular weight excluding hydrogens is 354 g/mol. The molecule has 0 unspecified atom stereocenters. The number of nitriles is 1. The summed E-state index contributed by atoms with van der Waals surface area (Å²) in [6.45, 7) is 5.62. The fraction of sp³-hybridized carbons (Fsp3) is 0.636. The Bertz CT molecular complexity index is 690. The van der Waals surface area contributed by atoms with E-state index >= 15 is 0 Å². The summed E-state index contributed by atoms with van der Waals surface area (Å²) in [7, 11) is 1.66. The molecule has 152 valence electrons. The van der Waals surface area contributed by atoms with Gasteiger partial charge in [0.15, 0.2) is 0 Å². The third-order valence-electron chi connectivity index (χ3n) is 6.24. The molecule has 3 rings (SSSR count). The van der Waals surface area contributed by atoms with E-state index in [1.165, 1.54) is 0 Å². The monoisotopic (exact) mass is 385 g/mol. The number of benzene rings is 1. The van der Waals surface area contributed by atoms with E-state index < -0.39 is 5.41 Å². The quantitative estimate of drug-likeness (QED) is 0.793. The first-order valence-corrected chi connectivity index (χ1v) is 10.3. The number of carbonyl (C=O) groups excluding carboxylic acids is 1. The Labute approximate surface area is 168 Å². The van der Waals surface area contributed by atoms with E-state index in [2.05, 4.69) is 11.0 Å². The van der Waals surface area contributed by atoms with Gasteiger partial charge in [-0.05, 0) is 56.7 Å². The summed E-state index contributed by atoms with van der Waals surface area (Å²) in [6.07, 6.45) is 4.54. The highest BCUT2D eigenvalue weighted by Crippen LogP contribution is 2.41. The minimum atomic E-state index is -0.397. The molecule has 0 aromatic heterocycles. The number of hydrogen-bond acceptors (Lipinski definition) is 5. The summed E-state index contributed by atoms with van der Waals surface area (Å²) < 4.78 is 10.4. The normalized spacial score (nSPS) is 26.2. The summed E-state index contributed by atoms with van der Waals surface area (Å²) in [6, 6.07) is 11.1. The third kappa shape index (κ3) is 4.41. The molecule has 1 heterocycles. The fourth-order valence-corrected chi connectivity index (χ4v) is 4.54. The van der Waals surface area contributed by atoms with Crippen LogP contribution in [0.1, 0.15) is 44.6 Å².